The predicted molar refractivity (Wildman–Crippen MR) is 132 cm³/mol. The van der Waals surface area contributed by atoms with Crippen molar-refractivity contribution in [3.05, 3.63) is 89.5 Å². The maximum absolute atomic E-state index is 14.5. The third-order valence-electron chi connectivity index (χ3n) is 5.72. The smallest absolute Gasteiger partial charge is 0.256 e. The largest absolute Gasteiger partial charge is 0.457 e. The third kappa shape index (κ3) is 6.67. The van der Waals surface area contributed by atoms with Gasteiger partial charge < -0.3 is 15.4 Å². The Labute approximate surface area is 206 Å². The van der Waals surface area contributed by atoms with Crippen molar-refractivity contribution < 1.29 is 13.9 Å². The van der Waals surface area contributed by atoms with Crippen molar-refractivity contribution in [3.8, 4) is 11.5 Å². The van der Waals surface area contributed by atoms with Crippen LogP contribution in [0.25, 0.3) is 0 Å². The van der Waals surface area contributed by atoms with Crippen LogP contribution in [0.2, 0.25) is 0 Å². The number of halogens is 3. The molecule has 1 aromatic heterocycles. The summed E-state index contributed by atoms with van der Waals surface area (Å²) in [5.74, 6) is 0.627. The number of aromatic nitrogens is 1. The number of nitrogens with two attached hydrogens (primary N) is 1. The molecule has 176 valence electrons. The summed E-state index contributed by atoms with van der Waals surface area (Å²) in [7, 11) is 0. The summed E-state index contributed by atoms with van der Waals surface area (Å²) in [6, 6.07) is 15.9. The maximum Gasteiger partial charge on any atom is 0.256 e. The number of carbonyl (C=O) groups is 1. The second kappa shape index (κ2) is 12.5. The molecule has 1 saturated heterocycles. The topological polar surface area (TPSA) is 68.5 Å². The van der Waals surface area contributed by atoms with Gasteiger partial charge in [-0.1, -0.05) is 12.1 Å². The average molecular weight is 492 g/mol. The molecule has 2 N–H and O–H groups in total. The molecular weight excluding hydrogens is 464 g/mol. The number of nitrogens with zero attached hydrogens (tertiary/aromatic N) is 2. The summed E-state index contributed by atoms with van der Waals surface area (Å²) in [5, 5.41) is 0. The minimum atomic E-state index is -0.535. The quantitative estimate of drug-likeness (QED) is 0.502. The van der Waals surface area contributed by atoms with E-state index in [4.69, 9.17) is 10.5 Å². The van der Waals surface area contributed by atoms with Crippen LogP contribution in [0.15, 0.2) is 67.0 Å². The van der Waals surface area contributed by atoms with E-state index in [2.05, 4.69) is 4.98 Å². The molecule has 2 heterocycles. The number of amides is 1. The summed E-state index contributed by atoms with van der Waals surface area (Å²) in [4.78, 5) is 18.8. The van der Waals surface area contributed by atoms with Crippen LogP contribution >= 0.6 is 24.8 Å². The van der Waals surface area contributed by atoms with Crippen LogP contribution in [0.4, 0.5) is 4.39 Å². The van der Waals surface area contributed by atoms with Crippen molar-refractivity contribution in [2.24, 2.45) is 5.73 Å². The fraction of sp³-hybridized carbons (Fsp3) is 0.280. The van der Waals surface area contributed by atoms with Gasteiger partial charge in [0.1, 0.15) is 17.3 Å². The molecule has 0 unspecified atom stereocenters. The normalized spacial score (nSPS) is 13.6. The highest BCUT2D eigenvalue weighted by atomic mass is 35.5. The van der Waals surface area contributed by atoms with E-state index in [1.165, 1.54) is 23.8 Å². The Morgan fingerprint density at radius 2 is 1.64 bits per heavy atom. The number of rotatable bonds is 6. The van der Waals surface area contributed by atoms with E-state index >= 15 is 0 Å². The van der Waals surface area contributed by atoms with Gasteiger partial charge in [0.05, 0.1) is 5.56 Å². The van der Waals surface area contributed by atoms with Crippen LogP contribution < -0.4 is 10.5 Å². The monoisotopic (exact) mass is 491 g/mol. The second-order valence-electron chi connectivity index (χ2n) is 7.77. The van der Waals surface area contributed by atoms with Crippen molar-refractivity contribution in [1.29, 1.82) is 0 Å². The number of carbonyl (C=O) groups excluding carboxylic acids is 1. The molecule has 0 saturated carbocycles. The van der Waals surface area contributed by atoms with Crippen LogP contribution in [0.3, 0.4) is 0 Å². The van der Waals surface area contributed by atoms with Crippen LogP contribution in [0, 0.1) is 5.82 Å². The molecule has 5 nitrogen and oxygen atoms in total. The Hall–Kier alpha value is -2.67. The van der Waals surface area contributed by atoms with Crippen LogP contribution in [0.1, 0.15) is 40.2 Å². The fourth-order valence-electron chi connectivity index (χ4n) is 3.98. The number of piperidine rings is 1. The molecule has 33 heavy (non-hydrogen) atoms. The molecule has 0 atom stereocenters. The lowest BCUT2D eigenvalue weighted by Crippen LogP contribution is -2.38. The van der Waals surface area contributed by atoms with Crippen molar-refractivity contribution in [3.63, 3.8) is 0 Å². The Morgan fingerprint density at radius 1 is 1.00 bits per heavy atom. The van der Waals surface area contributed by atoms with Crippen LogP contribution in [-0.2, 0) is 6.42 Å². The number of benzene rings is 2. The zero-order valence-corrected chi connectivity index (χ0v) is 19.8. The predicted octanol–water partition coefficient (Wildman–Crippen LogP) is 5.38. The van der Waals surface area contributed by atoms with Gasteiger partial charge in [-0.15, -0.1) is 24.8 Å². The molecule has 0 radical (unpaired) electrons. The van der Waals surface area contributed by atoms with Gasteiger partial charge in [-0.05, 0) is 85.3 Å². The number of likely N-dealkylation sites (tertiary alicyclic amines) is 1. The van der Waals surface area contributed by atoms with Gasteiger partial charge in [-0.3, -0.25) is 9.78 Å². The first kappa shape index (κ1) is 26.6. The summed E-state index contributed by atoms with van der Waals surface area (Å²) < 4.78 is 20.3. The molecule has 4 rings (SSSR count). The van der Waals surface area contributed by atoms with Crippen molar-refractivity contribution in [2.75, 3.05) is 19.6 Å². The standard InChI is InChI=1S/C25H26FN3O2.2ClH/c26-24-6-5-22(31-21-3-1-18(2-4-21)7-12-27)17-23(24)25(30)29-15-10-20(11-16-29)19-8-13-28-14-9-19;;/h1-6,8-9,13-14,17,20H,7,10-12,15-16,27H2;2*1H. The van der Waals surface area contributed by atoms with Crippen molar-refractivity contribution in [2.45, 2.75) is 25.2 Å². The minimum absolute atomic E-state index is 0. The summed E-state index contributed by atoms with van der Waals surface area (Å²) in [6.07, 6.45) is 6.08. The van der Waals surface area contributed by atoms with Crippen LogP contribution in [-0.4, -0.2) is 35.4 Å². The Morgan fingerprint density at radius 3 is 2.27 bits per heavy atom. The molecule has 0 aliphatic carbocycles. The van der Waals surface area contributed by atoms with Crippen LogP contribution in [0.5, 0.6) is 11.5 Å². The molecule has 3 aromatic rings. The third-order valence-corrected chi connectivity index (χ3v) is 5.72. The highest BCUT2D eigenvalue weighted by molar-refractivity contribution is 5.95. The molecule has 1 fully saturated rings. The molecule has 0 bridgehead atoms. The number of ether oxygens (including phenoxy) is 1. The molecule has 0 spiro atoms. The molecule has 8 heteroatoms. The molecular formula is C25H28Cl2FN3O2. The van der Waals surface area contributed by atoms with Gasteiger partial charge in [0.15, 0.2) is 0 Å². The lowest BCUT2D eigenvalue weighted by Gasteiger charge is -2.32. The van der Waals surface area contributed by atoms with E-state index in [1.807, 2.05) is 36.4 Å². The van der Waals surface area contributed by atoms with E-state index in [9.17, 15) is 9.18 Å². The van der Waals surface area contributed by atoms with Gasteiger partial charge in [-0.25, -0.2) is 4.39 Å². The van der Waals surface area contributed by atoms with E-state index < -0.39 is 5.82 Å². The highest BCUT2D eigenvalue weighted by Crippen LogP contribution is 2.30. The van der Waals surface area contributed by atoms with Crippen molar-refractivity contribution >= 4 is 30.7 Å². The van der Waals surface area contributed by atoms with Gasteiger partial charge in [0.2, 0.25) is 0 Å². The minimum Gasteiger partial charge on any atom is -0.457 e. The Balaban J connectivity index is 0.00000193. The van der Waals surface area contributed by atoms with Gasteiger partial charge in [-0.2, -0.15) is 0 Å². The van der Waals surface area contributed by atoms with Gasteiger partial charge in [0, 0.05) is 25.5 Å². The zero-order valence-electron chi connectivity index (χ0n) is 18.2. The lowest BCUT2D eigenvalue weighted by molar-refractivity contribution is 0.0708. The molecule has 1 amide bonds. The molecule has 1 aliphatic rings. The molecule has 2 aromatic carbocycles. The first-order valence-electron chi connectivity index (χ1n) is 10.6. The number of pyridine rings is 1. The lowest BCUT2D eigenvalue weighted by atomic mass is 9.90. The van der Waals surface area contributed by atoms with Crippen molar-refractivity contribution in [1.82, 2.24) is 9.88 Å². The Bertz CT molecular complexity index is 1030. The number of hydrogen-bond acceptors (Lipinski definition) is 4. The van der Waals surface area contributed by atoms with E-state index in [-0.39, 0.29) is 36.3 Å². The maximum atomic E-state index is 14.5. The van der Waals surface area contributed by atoms with E-state index in [0.717, 1.165) is 24.8 Å². The van der Waals surface area contributed by atoms with Gasteiger partial charge >= 0.3 is 0 Å². The Kier molecular flexibility index (Phi) is 10.1. The van der Waals surface area contributed by atoms with Gasteiger partial charge in [0.25, 0.3) is 5.91 Å². The number of hydrogen-bond donors (Lipinski definition) is 1. The molecule has 1 aliphatic heterocycles. The summed E-state index contributed by atoms with van der Waals surface area (Å²) in [5.41, 5.74) is 7.98. The SMILES string of the molecule is Cl.Cl.NCCc1ccc(Oc2ccc(F)c(C(=O)N3CCC(c4ccncc4)CC3)c2)cc1. The first-order valence-corrected chi connectivity index (χ1v) is 10.6. The fourth-order valence-corrected chi connectivity index (χ4v) is 3.98. The summed E-state index contributed by atoms with van der Waals surface area (Å²) >= 11 is 0. The highest BCUT2D eigenvalue weighted by Gasteiger charge is 2.26. The second-order valence-corrected chi connectivity index (χ2v) is 7.77. The zero-order chi connectivity index (χ0) is 21.6. The first-order chi connectivity index (χ1) is 15.1. The average Bonchev–Trinajstić information content (AvgIpc) is 2.82. The van der Waals surface area contributed by atoms with E-state index in [0.29, 0.717) is 37.1 Å². The summed E-state index contributed by atoms with van der Waals surface area (Å²) in [6.45, 7) is 1.78. The van der Waals surface area contributed by atoms with E-state index in [1.54, 1.807) is 17.3 Å².